The van der Waals surface area contributed by atoms with Gasteiger partial charge in [0, 0.05) is 11.9 Å². The molecule has 3 rings (SSSR count). The van der Waals surface area contributed by atoms with Crippen LogP contribution in [0.25, 0.3) is 0 Å². The summed E-state index contributed by atoms with van der Waals surface area (Å²) in [6.07, 6.45) is 2.24. The molecule has 0 saturated heterocycles. The number of anilines is 1. The van der Waals surface area contributed by atoms with Crippen LogP contribution in [0.1, 0.15) is 33.1 Å². The van der Waals surface area contributed by atoms with Crippen LogP contribution in [0.3, 0.4) is 0 Å². The second-order valence-electron chi connectivity index (χ2n) is 5.75. The molecule has 0 saturated carbocycles. The topological polar surface area (TPSA) is 67.8 Å². The fourth-order valence-corrected chi connectivity index (χ4v) is 2.50. The molecule has 0 fully saturated rings. The lowest BCUT2D eigenvalue weighted by molar-refractivity contribution is 0.102. The van der Waals surface area contributed by atoms with Crippen LogP contribution in [0, 0.1) is 19.7 Å². The molecule has 0 aliphatic rings. The maximum atomic E-state index is 13.2. The lowest BCUT2D eigenvalue weighted by atomic mass is 10.1. The Hall–Kier alpha value is -3.15. The summed E-state index contributed by atoms with van der Waals surface area (Å²) >= 11 is 0. The van der Waals surface area contributed by atoms with Gasteiger partial charge in [0.15, 0.2) is 0 Å². The van der Waals surface area contributed by atoms with Crippen LogP contribution in [0.5, 0.6) is 0 Å². The van der Waals surface area contributed by atoms with Gasteiger partial charge >= 0.3 is 0 Å². The number of aryl methyl sites for hydroxylation is 2. The van der Waals surface area contributed by atoms with E-state index in [0.29, 0.717) is 23.8 Å². The molecule has 1 aromatic carbocycles. The summed E-state index contributed by atoms with van der Waals surface area (Å²) in [6, 6.07) is 11.6. The molecule has 1 amide bonds. The van der Waals surface area contributed by atoms with Crippen LogP contribution in [0.4, 0.5) is 10.2 Å². The standard InChI is InChI=1S/C19H17FN4O/c1-12-8-17(23-13(2)22-12)19(25)24-18-7-6-15(11-21-18)9-14-4-3-5-16(20)10-14/h3-8,10-11H,9H2,1-2H3,(H,21,24,25). The number of carbonyl (C=O) groups excluding carboxylic acids is 1. The highest BCUT2D eigenvalue weighted by molar-refractivity contribution is 6.02. The Morgan fingerprint density at radius 2 is 1.92 bits per heavy atom. The number of nitrogens with one attached hydrogen (secondary N) is 1. The van der Waals surface area contributed by atoms with E-state index in [4.69, 9.17) is 0 Å². The van der Waals surface area contributed by atoms with Crippen molar-refractivity contribution in [2.24, 2.45) is 0 Å². The van der Waals surface area contributed by atoms with Gasteiger partial charge < -0.3 is 5.32 Å². The van der Waals surface area contributed by atoms with Crippen molar-refractivity contribution in [2.45, 2.75) is 20.3 Å². The van der Waals surface area contributed by atoms with Crippen LogP contribution in [0.15, 0.2) is 48.7 Å². The molecular weight excluding hydrogens is 319 g/mol. The number of halogens is 1. The molecule has 1 N–H and O–H groups in total. The predicted molar refractivity (Wildman–Crippen MR) is 92.9 cm³/mol. The second kappa shape index (κ2) is 7.17. The number of nitrogens with zero attached hydrogens (tertiary/aromatic N) is 3. The number of carbonyl (C=O) groups is 1. The molecule has 25 heavy (non-hydrogen) atoms. The number of amides is 1. The van der Waals surface area contributed by atoms with Gasteiger partial charge in [-0.1, -0.05) is 18.2 Å². The average Bonchev–Trinajstić information content (AvgIpc) is 2.56. The van der Waals surface area contributed by atoms with Crippen LogP contribution >= 0.6 is 0 Å². The van der Waals surface area contributed by atoms with Gasteiger partial charge in [-0.15, -0.1) is 0 Å². The number of hydrogen-bond acceptors (Lipinski definition) is 4. The fourth-order valence-electron chi connectivity index (χ4n) is 2.50. The van der Waals surface area contributed by atoms with Crippen LogP contribution in [-0.4, -0.2) is 20.9 Å². The molecule has 0 atom stereocenters. The first-order chi connectivity index (χ1) is 12.0. The highest BCUT2D eigenvalue weighted by Crippen LogP contribution is 2.13. The Morgan fingerprint density at radius 1 is 1.08 bits per heavy atom. The van der Waals surface area contributed by atoms with Crippen molar-refractivity contribution in [1.29, 1.82) is 0 Å². The minimum Gasteiger partial charge on any atom is -0.305 e. The van der Waals surface area contributed by atoms with E-state index in [9.17, 15) is 9.18 Å². The Morgan fingerprint density at radius 3 is 2.60 bits per heavy atom. The molecule has 0 aliphatic carbocycles. The van der Waals surface area contributed by atoms with Crippen LogP contribution in [-0.2, 0) is 6.42 Å². The van der Waals surface area contributed by atoms with Crippen molar-refractivity contribution in [1.82, 2.24) is 15.0 Å². The van der Waals surface area contributed by atoms with Crippen molar-refractivity contribution < 1.29 is 9.18 Å². The van der Waals surface area contributed by atoms with E-state index in [2.05, 4.69) is 20.3 Å². The summed E-state index contributed by atoms with van der Waals surface area (Å²) in [4.78, 5) is 24.8. The van der Waals surface area contributed by atoms with Crippen LogP contribution in [0.2, 0.25) is 0 Å². The molecule has 5 nitrogen and oxygen atoms in total. The molecule has 2 heterocycles. The molecule has 0 bridgehead atoms. The van der Waals surface area contributed by atoms with E-state index in [0.717, 1.165) is 16.8 Å². The first-order valence-electron chi connectivity index (χ1n) is 7.82. The van der Waals surface area contributed by atoms with Crippen molar-refractivity contribution in [3.05, 3.63) is 82.8 Å². The normalized spacial score (nSPS) is 10.5. The molecule has 0 unspecified atom stereocenters. The minimum atomic E-state index is -0.334. The van der Waals surface area contributed by atoms with Gasteiger partial charge in [0.2, 0.25) is 0 Å². The summed E-state index contributed by atoms with van der Waals surface area (Å²) in [7, 11) is 0. The Kier molecular flexibility index (Phi) is 4.79. The number of rotatable bonds is 4. The smallest absolute Gasteiger partial charge is 0.275 e. The maximum Gasteiger partial charge on any atom is 0.275 e. The molecule has 0 radical (unpaired) electrons. The number of aromatic nitrogens is 3. The predicted octanol–water partition coefficient (Wildman–Crippen LogP) is 3.47. The van der Waals surface area contributed by atoms with E-state index in [-0.39, 0.29) is 11.7 Å². The van der Waals surface area contributed by atoms with Gasteiger partial charge in [-0.05, 0) is 55.7 Å². The van der Waals surface area contributed by atoms with E-state index in [1.165, 1.54) is 12.1 Å². The minimum absolute atomic E-state index is 0.259. The highest BCUT2D eigenvalue weighted by atomic mass is 19.1. The largest absolute Gasteiger partial charge is 0.305 e. The Labute approximate surface area is 145 Å². The van der Waals surface area contributed by atoms with E-state index in [1.54, 1.807) is 31.3 Å². The summed E-state index contributed by atoms with van der Waals surface area (Å²) < 4.78 is 13.2. The van der Waals surface area contributed by atoms with Gasteiger partial charge in [-0.3, -0.25) is 4.79 Å². The third kappa shape index (κ3) is 4.44. The van der Waals surface area contributed by atoms with Crippen molar-refractivity contribution >= 4 is 11.7 Å². The molecule has 2 aromatic heterocycles. The summed E-state index contributed by atoms with van der Waals surface area (Å²) in [5.74, 6) is 0.384. The van der Waals surface area contributed by atoms with Gasteiger partial charge in [0.05, 0.1) is 0 Å². The molecule has 0 aliphatic heterocycles. The van der Waals surface area contributed by atoms with Crippen LogP contribution < -0.4 is 5.32 Å². The lowest BCUT2D eigenvalue weighted by Gasteiger charge is -2.07. The summed E-state index contributed by atoms with van der Waals surface area (Å²) in [6.45, 7) is 3.55. The van der Waals surface area contributed by atoms with E-state index in [1.807, 2.05) is 19.1 Å². The van der Waals surface area contributed by atoms with Gasteiger partial charge in [-0.2, -0.15) is 0 Å². The number of pyridine rings is 1. The van der Waals surface area contributed by atoms with Gasteiger partial charge in [-0.25, -0.2) is 19.3 Å². The van der Waals surface area contributed by atoms with Crippen molar-refractivity contribution in [3.63, 3.8) is 0 Å². The number of hydrogen-bond donors (Lipinski definition) is 1. The van der Waals surface area contributed by atoms with E-state index >= 15 is 0 Å². The monoisotopic (exact) mass is 336 g/mol. The third-order valence-corrected chi connectivity index (χ3v) is 3.56. The lowest BCUT2D eigenvalue weighted by Crippen LogP contribution is -2.16. The molecular formula is C19H17FN4O. The molecule has 3 aromatic rings. The molecule has 126 valence electrons. The zero-order valence-corrected chi connectivity index (χ0v) is 14.0. The molecule has 6 heteroatoms. The first-order valence-corrected chi connectivity index (χ1v) is 7.82. The van der Waals surface area contributed by atoms with Gasteiger partial charge in [0.1, 0.15) is 23.2 Å². The van der Waals surface area contributed by atoms with Crippen molar-refractivity contribution in [2.75, 3.05) is 5.32 Å². The fraction of sp³-hybridized carbons (Fsp3) is 0.158. The maximum absolute atomic E-state index is 13.2. The first kappa shape index (κ1) is 16.7. The summed E-state index contributed by atoms with van der Waals surface area (Å²) in [5, 5.41) is 2.71. The second-order valence-corrected chi connectivity index (χ2v) is 5.75. The zero-order valence-electron chi connectivity index (χ0n) is 14.0. The SMILES string of the molecule is Cc1cc(C(=O)Nc2ccc(Cc3cccc(F)c3)cn2)nc(C)n1. The summed E-state index contributed by atoms with van der Waals surface area (Å²) in [5.41, 5.74) is 2.83. The Bertz CT molecular complexity index is 889. The van der Waals surface area contributed by atoms with Crippen molar-refractivity contribution in [3.8, 4) is 0 Å². The number of benzene rings is 1. The van der Waals surface area contributed by atoms with Gasteiger partial charge in [0.25, 0.3) is 5.91 Å². The quantitative estimate of drug-likeness (QED) is 0.792. The highest BCUT2D eigenvalue weighted by Gasteiger charge is 2.10. The zero-order chi connectivity index (χ0) is 17.8. The molecule has 0 spiro atoms. The Balaban J connectivity index is 1.69. The van der Waals surface area contributed by atoms with E-state index < -0.39 is 0 Å². The average molecular weight is 336 g/mol. The third-order valence-electron chi connectivity index (χ3n) is 3.56.